The fourth-order valence-corrected chi connectivity index (χ4v) is 1.85. The molecule has 1 rings (SSSR count). The Labute approximate surface area is 127 Å². The van der Waals surface area contributed by atoms with E-state index in [-0.39, 0.29) is 6.04 Å². The molecule has 0 bridgehead atoms. The van der Waals surface area contributed by atoms with Gasteiger partial charge in [-0.1, -0.05) is 18.2 Å². The minimum absolute atomic E-state index is 0.192. The van der Waals surface area contributed by atoms with Crippen LogP contribution in [0.2, 0.25) is 0 Å². The van der Waals surface area contributed by atoms with Crippen molar-refractivity contribution in [3.05, 3.63) is 29.8 Å². The topological polar surface area (TPSA) is 59.6 Å². The van der Waals surface area contributed by atoms with Crippen LogP contribution in [0.3, 0.4) is 0 Å². The van der Waals surface area contributed by atoms with Crippen molar-refractivity contribution < 1.29 is 14.3 Å². The number of nitrogens with one attached hydrogen (secondary N) is 2. The Bertz CT molecular complexity index is 455. The van der Waals surface area contributed by atoms with Gasteiger partial charge in [-0.05, 0) is 39.3 Å². The molecule has 0 radical (unpaired) electrons. The fraction of sp³-hybridized carbons (Fsp3) is 0.562. The number of alkyl carbamates (subject to hydrolysis) is 1. The lowest BCUT2D eigenvalue weighted by atomic mass is 10.1. The number of carbonyl (C=O) groups is 1. The summed E-state index contributed by atoms with van der Waals surface area (Å²) in [6.07, 6.45) is -0.415. The summed E-state index contributed by atoms with van der Waals surface area (Å²) in [5, 5.41) is 6.13. The van der Waals surface area contributed by atoms with Crippen molar-refractivity contribution in [1.29, 1.82) is 0 Å². The zero-order chi connectivity index (χ0) is 15.9. The number of hydrogen-bond donors (Lipinski definition) is 2. The van der Waals surface area contributed by atoms with Crippen molar-refractivity contribution >= 4 is 11.8 Å². The van der Waals surface area contributed by atoms with E-state index in [9.17, 15) is 4.79 Å². The van der Waals surface area contributed by atoms with Gasteiger partial charge in [0.05, 0.1) is 6.61 Å². The summed E-state index contributed by atoms with van der Waals surface area (Å²) in [4.78, 5) is 11.7. The van der Waals surface area contributed by atoms with Gasteiger partial charge < -0.3 is 20.1 Å². The average molecular weight is 294 g/mol. The van der Waals surface area contributed by atoms with Crippen molar-refractivity contribution in [2.75, 3.05) is 19.0 Å². The minimum atomic E-state index is -0.491. The van der Waals surface area contributed by atoms with Crippen molar-refractivity contribution in [2.24, 2.45) is 0 Å². The molecule has 1 amide bonds. The molecule has 21 heavy (non-hydrogen) atoms. The quantitative estimate of drug-likeness (QED) is 0.846. The SMILES string of the molecule is COCC(C)Nc1ccccc1CNC(=O)OC(C)(C)C. The average Bonchev–Trinajstić information content (AvgIpc) is 2.36. The van der Waals surface area contributed by atoms with Gasteiger partial charge in [-0.15, -0.1) is 0 Å². The molecule has 1 aromatic carbocycles. The van der Waals surface area contributed by atoms with Gasteiger partial charge in [-0.25, -0.2) is 4.79 Å². The Morgan fingerprint density at radius 2 is 1.95 bits per heavy atom. The standard InChI is InChI=1S/C16H26N2O3/c1-12(11-20-5)18-14-9-7-6-8-13(14)10-17-15(19)21-16(2,3)4/h6-9,12,18H,10-11H2,1-5H3,(H,17,19). The molecule has 1 aromatic rings. The van der Waals surface area contributed by atoms with Gasteiger partial charge >= 0.3 is 6.09 Å². The number of para-hydroxylation sites is 1. The highest BCUT2D eigenvalue weighted by Gasteiger charge is 2.16. The lowest BCUT2D eigenvalue weighted by molar-refractivity contribution is 0.0523. The van der Waals surface area contributed by atoms with Crippen LogP contribution in [-0.4, -0.2) is 31.5 Å². The van der Waals surface area contributed by atoms with Crippen molar-refractivity contribution in [1.82, 2.24) is 5.32 Å². The maximum atomic E-state index is 11.7. The molecule has 118 valence electrons. The van der Waals surface area contributed by atoms with Crippen molar-refractivity contribution in [3.8, 4) is 0 Å². The Hall–Kier alpha value is -1.75. The van der Waals surface area contributed by atoms with E-state index in [2.05, 4.69) is 10.6 Å². The third-order valence-electron chi connectivity index (χ3n) is 2.66. The van der Waals surface area contributed by atoms with Crippen LogP contribution < -0.4 is 10.6 Å². The number of benzene rings is 1. The van der Waals surface area contributed by atoms with Crippen LogP contribution in [0.15, 0.2) is 24.3 Å². The maximum absolute atomic E-state index is 11.7. The van der Waals surface area contributed by atoms with Gasteiger partial charge in [0.25, 0.3) is 0 Å². The van der Waals surface area contributed by atoms with Gasteiger partial charge in [-0.3, -0.25) is 0 Å². The number of anilines is 1. The summed E-state index contributed by atoms with van der Waals surface area (Å²) in [7, 11) is 1.67. The highest BCUT2D eigenvalue weighted by atomic mass is 16.6. The largest absolute Gasteiger partial charge is 0.444 e. The fourth-order valence-electron chi connectivity index (χ4n) is 1.85. The molecule has 2 N–H and O–H groups in total. The zero-order valence-electron chi connectivity index (χ0n) is 13.5. The van der Waals surface area contributed by atoms with Gasteiger partial charge in [0.15, 0.2) is 0 Å². The van der Waals surface area contributed by atoms with E-state index in [1.165, 1.54) is 0 Å². The van der Waals surface area contributed by atoms with E-state index >= 15 is 0 Å². The molecule has 0 spiro atoms. The van der Waals surface area contributed by atoms with E-state index in [0.29, 0.717) is 13.2 Å². The first-order valence-electron chi connectivity index (χ1n) is 7.12. The summed E-state index contributed by atoms with van der Waals surface area (Å²) >= 11 is 0. The van der Waals surface area contributed by atoms with Gasteiger partial charge in [0.1, 0.15) is 5.60 Å². The predicted octanol–water partition coefficient (Wildman–Crippen LogP) is 3.16. The summed E-state index contributed by atoms with van der Waals surface area (Å²) in [6.45, 7) is 8.60. The van der Waals surface area contributed by atoms with Gasteiger partial charge in [0, 0.05) is 25.4 Å². The first kappa shape index (κ1) is 17.3. The Balaban J connectivity index is 2.61. The Morgan fingerprint density at radius 3 is 2.57 bits per heavy atom. The van der Waals surface area contributed by atoms with E-state index < -0.39 is 11.7 Å². The molecule has 0 aromatic heterocycles. The highest BCUT2D eigenvalue weighted by molar-refractivity contribution is 5.68. The summed E-state index contributed by atoms with van der Waals surface area (Å²) in [5.41, 5.74) is 1.50. The number of hydrogen-bond acceptors (Lipinski definition) is 4. The zero-order valence-corrected chi connectivity index (χ0v) is 13.5. The number of rotatable bonds is 6. The summed E-state index contributed by atoms with van der Waals surface area (Å²) in [6, 6.07) is 8.05. The molecule has 0 aliphatic carbocycles. The van der Waals surface area contributed by atoms with E-state index in [0.717, 1.165) is 11.3 Å². The molecule has 5 heteroatoms. The van der Waals surface area contributed by atoms with Crippen molar-refractivity contribution in [3.63, 3.8) is 0 Å². The Kier molecular flexibility index (Phi) is 6.49. The third kappa shape index (κ3) is 6.99. The normalized spacial score (nSPS) is 12.6. The molecule has 5 nitrogen and oxygen atoms in total. The Morgan fingerprint density at radius 1 is 1.29 bits per heavy atom. The molecule has 0 fully saturated rings. The second-order valence-electron chi connectivity index (χ2n) is 6.01. The van der Waals surface area contributed by atoms with Crippen LogP contribution in [0.4, 0.5) is 10.5 Å². The first-order valence-corrected chi connectivity index (χ1v) is 7.12. The highest BCUT2D eigenvalue weighted by Crippen LogP contribution is 2.16. The summed E-state index contributed by atoms with van der Waals surface area (Å²) in [5.74, 6) is 0. The second kappa shape index (κ2) is 7.88. The smallest absolute Gasteiger partial charge is 0.407 e. The van der Waals surface area contributed by atoms with E-state index in [1.807, 2.05) is 52.0 Å². The third-order valence-corrected chi connectivity index (χ3v) is 2.66. The van der Waals surface area contributed by atoms with Crippen LogP contribution in [0.25, 0.3) is 0 Å². The number of carbonyl (C=O) groups excluding carboxylic acids is 1. The van der Waals surface area contributed by atoms with Crippen LogP contribution in [0, 0.1) is 0 Å². The van der Waals surface area contributed by atoms with Gasteiger partial charge in [0.2, 0.25) is 0 Å². The second-order valence-corrected chi connectivity index (χ2v) is 6.01. The molecule has 0 heterocycles. The molecule has 0 aliphatic rings. The van der Waals surface area contributed by atoms with Crippen molar-refractivity contribution in [2.45, 2.75) is 45.9 Å². The van der Waals surface area contributed by atoms with Crippen LogP contribution in [0.1, 0.15) is 33.3 Å². The molecule has 1 unspecified atom stereocenters. The van der Waals surface area contributed by atoms with Crippen LogP contribution in [0.5, 0.6) is 0 Å². The predicted molar refractivity (Wildman–Crippen MR) is 84.5 cm³/mol. The number of amides is 1. The lowest BCUT2D eigenvalue weighted by Crippen LogP contribution is -2.32. The molecular formula is C16H26N2O3. The minimum Gasteiger partial charge on any atom is -0.444 e. The monoisotopic (exact) mass is 294 g/mol. The van der Waals surface area contributed by atoms with Gasteiger partial charge in [-0.2, -0.15) is 0 Å². The molecule has 0 saturated heterocycles. The number of methoxy groups -OCH3 is 1. The molecular weight excluding hydrogens is 268 g/mol. The summed E-state index contributed by atoms with van der Waals surface area (Å²) < 4.78 is 10.3. The van der Waals surface area contributed by atoms with E-state index in [4.69, 9.17) is 9.47 Å². The van der Waals surface area contributed by atoms with Crippen LogP contribution in [-0.2, 0) is 16.0 Å². The first-order chi connectivity index (χ1) is 9.81. The number of ether oxygens (including phenoxy) is 2. The van der Waals surface area contributed by atoms with Crippen LogP contribution >= 0.6 is 0 Å². The molecule has 0 aliphatic heterocycles. The lowest BCUT2D eigenvalue weighted by Gasteiger charge is -2.21. The molecule has 1 atom stereocenters. The molecule has 0 saturated carbocycles. The van der Waals surface area contributed by atoms with E-state index in [1.54, 1.807) is 7.11 Å². The maximum Gasteiger partial charge on any atom is 0.407 e.